The molecule has 17 heavy (non-hydrogen) atoms. The Kier molecular flexibility index (Phi) is 6.12. The summed E-state index contributed by atoms with van der Waals surface area (Å²) in [4.78, 5) is 5.07. The predicted octanol–water partition coefficient (Wildman–Crippen LogP) is 1.11. The highest BCUT2D eigenvalue weighted by molar-refractivity contribution is 7.99. The fourth-order valence-electron chi connectivity index (χ4n) is 2.70. The van der Waals surface area contributed by atoms with E-state index in [0.717, 1.165) is 6.04 Å². The number of hydrogen-bond donors (Lipinski definition) is 1. The third kappa shape index (κ3) is 5.16. The molecule has 0 spiro atoms. The van der Waals surface area contributed by atoms with Gasteiger partial charge in [-0.1, -0.05) is 0 Å². The monoisotopic (exact) mass is 257 g/mol. The lowest BCUT2D eigenvalue weighted by Crippen LogP contribution is -2.40. The van der Waals surface area contributed by atoms with Crippen LogP contribution in [0.2, 0.25) is 0 Å². The molecule has 2 saturated heterocycles. The van der Waals surface area contributed by atoms with Crippen molar-refractivity contribution in [1.82, 2.24) is 15.1 Å². The van der Waals surface area contributed by atoms with Gasteiger partial charge in [0, 0.05) is 43.7 Å². The molecule has 100 valence electrons. The molecule has 4 heteroatoms. The quantitative estimate of drug-likeness (QED) is 0.813. The molecule has 0 aromatic heterocycles. The molecule has 2 rings (SSSR count). The Labute approximate surface area is 110 Å². The Bertz CT molecular complexity index is 207. The summed E-state index contributed by atoms with van der Waals surface area (Å²) in [6.45, 7) is 7.55. The van der Waals surface area contributed by atoms with Crippen LogP contribution in [0.25, 0.3) is 0 Å². The number of likely N-dealkylation sites (tertiary alicyclic amines) is 1. The SMILES string of the molecule is CN1CCCC(NCCN2CCSCC2)CC1. The Hall–Kier alpha value is 0.230. The minimum atomic E-state index is 0.763. The van der Waals surface area contributed by atoms with Crippen LogP contribution < -0.4 is 5.32 Å². The van der Waals surface area contributed by atoms with Gasteiger partial charge in [0.25, 0.3) is 0 Å². The van der Waals surface area contributed by atoms with E-state index in [1.807, 2.05) is 0 Å². The van der Waals surface area contributed by atoms with Crippen molar-refractivity contribution >= 4 is 11.8 Å². The molecule has 0 saturated carbocycles. The fraction of sp³-hybridized carbons (Fsp3) is 1.00. The van der Waals surface area contributed by atoms with Gasteiger partial charge in [0.15, 0.2) is 0 Å². The standard InChI is InChI=1S/C13H27N3S/c1-15-6-2-3-13(4-7-15)14-5-8-16-9-11-17-12-10-16/h13-14H,2-12H2,1H3. The van der Waals surface area contributed by atoms with Crippen LogP contribution in [0.4, 0.5) is 0 Å². The number of nitrogens with one attached hydrogen (secondary N) is 1. The Balaban J connectivity index is 1.57. The molecule has 3 nitrogen and oxygen atoms in total. The molecule has 2 aliphatic rings. The number of hydrogen-bond acceptors (Lipinski definition) is 4. The van der Waals surface area contributed by atoms with E-state index >= 15 is 0 Å². The lowest BCUT2D eigenvalue weighted by atomic mass is 10.1. The van der Waals surface area contributed by atoms with Crippen LogP contribution >= 0.6 is 11.8 Å². The summed E-state index contributed by atoms with van der Waals surface area (Å²) in [5.74, 6) is 2.66. The zero-order valence-electron chi connectivity index (χ0n) is 11.2. The molecule has 0 amide bonds. The van der Waals surface area contributed by atoms with Gasteiger partial charge in [0.05, 0.1) is 0 Å². The van der Waals surface area contributed by atoms with E-state index in [9.17, 15) is 0 Å². The maximum absolute atomic E-state index is 3.75. The van der Waals surface area contributed by atoms with Gasteiger partial charge in [0.2, 0.25) is 0 Å². The molecular weight excluding hydrogens is 230 g/mol. The first-order valence-corrected chi connectivity index (χ1v) is 8.22. The van der Waals surface area contributed by atoms with Gasteiger partial charge in [0.1, 0.15) is 0 Å². The van der Waals surface area contributed by atoms with E-state index in [1.165, 1.54) is 70.0 Å². The summed E-state index contributed by atoms with van der Waals surface area (Å²) in [6, 6.07) is 0.763. The molecule has 0 aromatic carbocycles. The Morgan fingerprint density at radius 2 is 1.94 bits per heavy atom. The first-order chi connectivity index (χ1) is 8.34. The maximum Gasteiger partial charge on any atom is 0.0108 e. The van der Waals surface area contributed by atoms with Gasteiger partial charge in [-0.05, 0) is 39.4 Å². The van der Waals surface area contributed by atoms with Gasteiger partial charge in [-0.25, -0.2) is 0 Å². The van der Waals surface area contributed by atoms with Crippen LogP contribution in [-0.4, -0.2) is 73.7 Å². The van der Waals surface area contributed by atoms with Crippen LogP contribution in [0.1, 0.15) is 19.3 Å². The van der Waals surface area contributed by atoms with E-state index in [2.05, 4.69) is 33.9 Å². The number of nitrogens with zero attached hydrogens (tertiary/aromatic N) is 2. The third-order valence-corrected chi connectivity index (χ3v) is 4.86. The second kappa shape index (κ2) is 7.62. The van der Waals surface area contributed by atoms with Gasteiger partial charge < -0.3 is 15.1 Å². The number of thioether (sulfide) groups is 1. The Morgan fingerprint density at radius 3 is 2.76 bits per heavy atom. The van der Waals surface area contributed by atoms with Crippen LogP contribution in [0.5, 0.6) is 0 Å². The van der Waals surface area contributed by atoms with E-state index in [1.54, 1.807) is 0 Å². The summed E-state index contributed by atoms with van der Waals surface area (Å²) >= 11 is 2.10. The molecule has 2 heterocycles. The van der Waals surface area contributed by atoms with E-state index in [0.29, 0.717) is 0 Å². The van der Waals surface area contributed by atoms with Crippen molar-refractivity contribution < 1.29 is 0 Å². The minimum absolute atomic E-state index is 0.763. The summed E-state index contributed by atoms with van der Waals surface area (Å²) in [5, 5.41) is 3.75. The molecule has 2 aliphatic heterocycles. The first kappa shape index (κ1) is 13.7. The van der Waals surface area contributed by atoms with Crippen molar-refractivity contribution in [3.8, 4) is 0 Å². The average molecular weight is 257 g/mol. The topological polar surface area (TPSA) is 18.5 Å². The predicted molar refractivity (Wildman–Crippen MR) is 76.9 cm³/mol. The van der Waals surface area contributed by atoms with Gasteiger partial charge in [-0.2, -0.15) is 11.8 Å². The molecule has 1 atom stereocenters. The summed E-state index contributed by atoms with van der Waals surface area (Å²) in [5.41, 5.74) is 0. The molecule has 0 aliphatic carbocycles. The third-order valence-electron chi connectivity index (χ3n) is 3.92. The summed E-state index contributed by atoms with van der Waals surface area (Å²) in [6.07, 6.45) is 4.04. The normalized spacial score (nSPS) is 29.1. The second-order valence-electron chi connectivity index (χ2n) is 5.34. The second-order valence-corrected chi connectivity index (χ2v) is 6.56. The minimum Gasteiger partial charge on any atom is -0.313 e. The molecule has 0 aromatic rings. The van der Waals surface area contributed by atoms with Gasteiger partial charge in [-0.3, -0.25) is 0 Å². The van der Waals surface area contributed by atoms with Crippen molar-refractivity contribution in [2.75, 3.05) is 57.8 Å². The Morgan fingerprint density at radius 1 is 1.12 bits per heavy atom. The molecule has 2 fully saturated rings. The van der Waals surface area contributed by atoms with Crippen molar-refractivity contribution in [3.05, 3.63) is 0 Å². The largest absolute Gasteiger partial charge is 0.313 e. The summed E-state index contributed by atoms with van der Waals surface area (Å²) in [7, 11) is 2.24. The van der Waals surface area contributed by atoms with E-state index in [-0.39, 0.29) is 0 Å². The van der Waals surface area contributed by atoms with Crippen LogP contribution in [0, 0.1) is 0 Å². The van der Waals surface area contributed by atoms with Crippen LogP contribution in [0.15, 0.2) is 0 Å². The molecule has 1 N–H and O–H groups in total. The van der Waals surface area contributed by atoms with Gasteiger partial charge >= 0.3 is 0 Å². The van der Waals surface area contributed by atoms with Crippen molar-refractivity contribution in [3.63, 3.8) is 0 Å². The van der Waals surface area contributed by atoms with Crippen molar-refractivity contribution in [2.45, 2.75) is 25.3 Å². The number of rotatable bonds is 4. The molecule has 0 radical (unpaired) electrons. The van der Waals surface area contributed by atoms with Crippen molar-refractivity contribution in [1.29, 1.82) is 0 Å². The summed E-state index contributed by atoms with van der Waals surface area (Å²) < 4.78 is 0. The highest BCUT2D eigenvalue weighted by Crippen LogP contribution is 2.10. The lowest BCUT2D eigenvalue weighted by molar-refractivity contribution is 0.290. The van der Waals surface area contributed by atoms with Gasteiger partial charge in [-0.15, -0.1) is 0 Å². The lowest BCUT2D eigenvalue weighted by Gasteiger charge is -2.27. The fourth-order valence-corrected chi connectivity index (χ4v) is 3.67. The zero-order chi connectivity index (χ0) is 11.9. The highest BCUT2D eigenvalue weighted by atomic mass is 32.2. The average Bonchev–Trinajstić information content (AvgIpc) is 2.56. The highest BCUT2D eigenvalue weighted by Gasteiger charge is 2.15. The van der Waals surface area contributed by atoms with Crippen LogP contribution in [-0.2, 0) is 0 Å². The molecule has 0 bridgehead atoms. The molecular formula is C13H27N3S. The van der Waals surface area contributed by atoms with Crippen LogP contribution in [0.3, 0.4) is 0 Å². The molecule has 1 unspecified atom stereocenters. The zero-order valence-corrected chi connectivity index (χ0v) is 12.0. The first-order valence-electron chi connectivity index (χ1n) is 7.06. The van der Waals surface area contributed by atoms with E-state index in [4.69, 9.17) is 0 Å². The smallest absolute Gasteiger partial charge is 0.0108 e. The van der Waals surface area contributed by atoms with E-state index < -0.39 is 0 Å². The van der Waals surface area contributed by atoms with Crippen molar-refractivity contribution in [2.24, 2.45) is 0 Å². The maximum atomic E-state index is 3.75.